The summed E-state index contributed by atoms with van der Waals surface area (Å²) in [7, 11) is 0. The molecule has 0 aromatic heterocycles. The van der Waals surface area contributed by atoms with Gasteiger partial charge in [0.15, 0.2) is 0 Å². The number of allylic oxidation sites excluding steroid dienone is 5. The van der Waals surface area contributed by atoms with Crippen LogP contribution in [0.5, 0.6) is 17.2 Å². The molecule has 1 fully saturated rings. The Morgan fingerprint density at radius 3 is 1.46 bits per heavy atom. The lowest BCUT2D eigenvalue weighted by Gasteiger charge is -2.39. The SMILES string of the molecule is [C-]#[N+]/C(C#N)=C1/C2C=C(c3cc(CC)cc(OC(=O)C(=C)F)c3)SC2/C(=C(\C#N)[N+]#[C-])C2SC(c3cc(OC(=O)C(=C)F)cc(OC(=O)C(=C)F)c3)=CC12. The molecule has 2 aliphatic heterocycles. The molecule has 1 saturated carbocycles. The van der Waals surface area contributed by atoms with E-state index in [1.54, 1.807) is 18.2 Å². The largest absolute Gasteiger partial charge is 0.421 e. The van der Waals surface area contributed by atoms with Crippen LogP contribution in [0.1, 0.15) is 23.6 Å². The van der Waals surface area contributed by atoms with Gasteiger partial charge in [0, 0.05) is 38.2 Å². The molecule has 2 aromatic carbocycles. The zero-order valence-electron chi connectivity index (χ0n) is 27.9. The Kier molecular flexibility index (Phi) is 11.5. The van der Waals surface area contributed by atoms with Gasteiger partial charge in [0.05, 0.1) is 25.3 Å². The quantitative estimate of drug-likeness (QED) is 0.0803. The average Bonchev–Trinajstić information content (AvgIpc) is 3.78. The summed E-state index contributed by atoms with van der Waals surface area (Å²) in [5, 5.41) is 18.9. The van der Waals surface area contributed by atoms with Crippen molar-refractivity contribution < 1.29 is 41.8 Å². The van der Waals surface area contributed by atoms with E-state index in [0.29, 0.717) is 32.9 Å². The molecule has 0 saturated heterocycles. The standard InChI is InChI=1S/C39H23F3N4O6S2/c1-7-21-8-22(10-24(9-21)50-37(47)18(2)40)31-14-27-33(29(16-43)45-5)28-15-32(54-36(28)34(35(27)53-31)30(17-44)46-6)23-11-25(51-38(48)19(3)41)13-26(12-23)52-39(49)20(4)42/h8-15,27-28,35-36H,2-4,7H2,1H3/b33-29-,34-30-. The average molecular weight is 765 g/mol. The van der Waals surface area contributed by atoms with E-state index in [4.69, 9.17) is 27.4 Å². The lowest BCUT2D eigenvalue weighted by Crippen LogP contribution is -2.37. The highest BCUT2D eigenvalue weighted by Crippen LogP contribution is 2.62. The molecule has 0 amide bonds. The first-order valence-corrected chi connectivity index (χ1v) is 17.3. The monoisotopic (exact) mass is 764 g/mol. The first-order chi connectivity index (χ1) is 25.7. The maximum atomic E-state index is 13.6. The topological polar surface area (TPSA) is 135 Å². The predicted molar refractivity (Wildman–Crippen MR) is 194 cm³/mol. The van der Waals surface area contributed by atoms with Gasteiger partial charge in [0.2, 0.25) is 17.5 Å². The van der Waals surface area contributed by atoms with Crippen LogP contribution < -0.4 is 14.2 Å². The number of benzene rings is 2. The number of hydrogen-bond acceptors (Lipinski definition) is 10. The van der Waals surface area contributed by atoms with Gasteiger partial charge >= 0.3 is 17.9 Å². The van der Waals surface area contributed by atoms with Crippen molar-refractivity contribution in [3.63, 3.8) is 0 Å². The van der Waals surface area contributed by atoms with E-state index < -0.39 is 57.7 Å². The number of rotatable bonds is 9. The van der Waals surface area contributed by atoms with E-state index in [9.17, 15) is 38.1 Å². The van der Waals surface area contributed by atoms with Crippen molar-refractivity contribution in [2.24, 2.45) is 11.8 Å². The fourth-order valence-electron chi connectivity index (χ4n) is 6.01. The fourth-order valence-corrected chi connectivity index (χ4v) is 9.12. The van der Waals surface area contributed by atoms with E-state index in [2.05, 4.69) is 29.4 Å². The number of hydrogen-bond donors (Lipinski definition) is 0. The van der Waals surface area contributed by atoms with Crippen LogP contribution in [-0.4, -0.2) is 28.4 Å². The molecule has 0 N–H and O–H groups in total. The Labute approximate surface area is 315 Å². The van der Waals surface area contributed by atoms with Crippen molar-refractivity contribution in [1.82, 2.24) is 0 Å². The number of carbonyl (C=O) groups excluding carboxylic acids is 3. The molecule has 268 valence electrons. The molecule has 15 heteroatoms. The van der Waals surface area contributed by atoms with E-state index in [0.717, 1.165) is 23.4 Å². The van der Waals surface area contributed by atoms with Crippen molar-refractivity contribution >= 4 is 51.2 Å². The second-order valence-corrected chi connectivity index (χ2v) is 13.9. The summed E-state index contributed by atoms with van der Waals surface area (Å²) in [6.45, 7) is 26.4. The Balaban J connectivity index is 1.68. The molecular weight excluding hydrogens is 742 g/mol. The molecule has 4 atom stereocenters. The number of thioether (sulfide) groups is 2. The van der Waals surface area contributed by atoms with Gasteiger partial charge in [-0.1, -0.05) is 44.9 Å². The maximum Gasteiger partial charge on any atom is 0.371 e. The molecule has 54 heavy (non-hydrogen) atoms. The fraction of sp³-hybridized carbons (Fsp3) is 0.154. The molecular formula is C39H23F3N4O6S2. The predicted octanol–water partition coefficient (Wildman–Crippen LogP) is 8.67. The Morgan fingerprint density at radius 2 is 1.09 bits per heavy atom. The van der Waals surface area contributed by atoms with Crippen molar-refractivity contribution in [1.29, 1.82) is 10.5 Å². The molecule has 0 bridgehead atoms. The number of halogens is 3. The highest BCUT2D eigenvalue weighted by molar-refractivity contribution is 8.10. The molecule has 10 nitrogen and oxygen atoms in total. The normalized spacial score (nSPS) is 21.2. The number of nitriles is 2. The summed E-state index contributed by atoms with van der Waals surface area (Å²) in [6, 6.07) is 12.5. The van der Waals surface area contributed by atoms with Gasteiger partial charge in [-0.3, -0.25) is 0 Å². The van der Waals surface area contributed by atoms with Crippen LogP contribution in [0.2, 0.25) is 0 Å². The van der Waals surface area contributed by atoms with Gasteiger partial charge in [0.1, 0.15) is 17.2 Å². The summed E-state index contributed by atoms with van der Waals surface area (Å²) in [5.41, 5.74) is 1.88. The van der Waals surface area contributed by atoms with Crippen LogP contribution in [0.25, 0.3) is 19.5 Å². The van der Waals surface area contributed by atoms with E-state index in [-0.39, 0.29) is 34.2 Å². The first-order valence-electron chi connectivity index (χ1n) is 15.5. The van der Waals surface area contributed by atoms with Gasteiger partial charge in [-0.05, 0) is 58.5 Å². The molecule has 0 radical (unpaired) electrons. The Morgan fingerprint density at radius 1 is 0.704 bits per heavy atom. The summed E-state index contributed by atoms with van der Waals surface area (Å²) >= 11 is 2.42. The third-order valence-electron chi connectivity index (χ3n) is 8.26. The number of fused-ring (bicyclic) bond motifs is 2. The second kappa shape index (κ2) is 16.0. The molecule has 0 spiro atoms. The van der Waals surface area contributed by atoms with Crippen LogP contribution >= 0.6 is 23.5 Å². The van der Waals surface area contributed by atoms with Gasteiger partial charge in [0.25, 0.3) is 11.4 Å². The van der Waals surface area contributed by atoms with Gasteiger partial charge < -0.3 is 14.2 Å². The maximum absolute atomic E-state index is 13.6. The highest BCUT2D eigenvalue weighted by Gasteiger charge is 2.51. The molecule has 2 aromatic rings. The Bertz CT molecular complexity index is 2310. The van der Waals surface area contributed by atoms with E-state index in [1.807, 2.05) is 25.1 Å². The number of nitrogens with zero attached hydrogens (tertiary/aromatic N) is 4. The number of ether oxygens (including phenoxy) is 3. The second-order valence-electron chi connectivity index (χ2n) is 11.5. The minimum absolute atomic E-state index is 0.0541. The number of aryl methyl sites for hydroxylation is 1. The molecule has 1 aliphatic carbocycles. The van der Waals surface area contributed by atoms with E-state index in [1.165, 1.54) is 30.0 Å². The summed E-state index contributed by atoms with van der Waals surface area (Å²) in [4.78, 5) is 44.2. The van der Waals surface area contributed by atoms with E-state index >= 15 is 0 Å². The van der Waals surface area contributed by atoms with Crippen molar-refractivity contribution in [2.75, 3.05) is 0 Å². The lowest BCUT2D eigenvalue weighted by molar-refractivity contribution is -0.132. The van der Waals surface area contributed by atoms with Crippen LogP contribution in [0, 0.1) is 47.6 Å². The third kappa shape index (κ3) is 7.79. The minimum atomic E-state index is -1.45. The molecule has 5 rings (SSSR count). The van der Waals surface area contributed by atoms with Crippen LogP contribution in [0.4, 0.5) is 13.2 Å². The zero-order chi connectivity index (χ0) is 39.4. The number of carbonyl (C=O) groups is 3. The van der Waals surface area contributed by atoms with Crippen molar-refractivity contribution in [3.05, 3.63) is 148 Å². The third-order valence-corrected chi connectivity index (χ3v) is 11.1. The summed E-state index contributed by atoms with van der Waals surface area (Å²) in [6.07, 6.45) is 4.01. The van der Waals surface area contributed by atoms with Crippen LogP contribution in [0.15, 0.2) is 108 Å². The first kappa shape index (κ1) is 38.7. The zero-order valence-corrected chi connectivity index (χ0v) is 29.6. The van der Waals surface area contributed by atoms with Crippen molar-refractivity contribution in [3.8, 4) is 29.4 Å². The molecule has 2 heterocycles. The minimum Gasteiger partial charge on any atom is -0.421 e. The van der Waals surface area contributed by atoms with Crippen LogP contribution in [0.3, 0.4) is 0 Å². The Hall–Kier alpha value is -6.52. The molecule has 3 aliphatic rings. The number of esters is 3. The highest BCUT2D eigenvalue weighted by atomic mass is 32.2. The molecule has 4 unspecified atom stereocenters. The van der Waals surface area contributed by atoms with Crippen molar-refractivity contribution in [2.45, 2.75) is 23.8 Å². The summed E-state index contributed by atoms with van der Waals surface area (Å²) in [5.74, 6) is -10.3. The van der Waals surface area contributed by atoms with Gasteiger partial charge in [-0.15, -0.1) is 23.5 Å². The smallest absolute Gasteiger partial charge is 0.371 e. The van der Waals surface area contributed by atoms with Gasteiger partial charge in [-0.2, -0.15) is 13.2 Å². The van der Waals surface area contributed by atoms with Gasteiger partial charge in [-0.25, -0.2) is 34.6 Å². The van der Waals surface area contributed by atoms with Crippen LogP contribution in [-0.2, 0) is 20.8 Å². The summed E-state index contributed by atoms with van der Waals surface area (Å²) < 4.78 is 55.9. The lowest BCUT2D eigenvalue weighted by atomic mass is 9.71.